The number of nitrogens with one attached hydrogen (secondary N) is 1. The van der Waals surface area contributed by atoms with E-state index in [2.05, 4.69) is 31.0 Å². The molecule has 4 unspecified atom stereocenters. The lowest BCUT2D eigenvalue weighted by molar-refractivity contribution is 0.0996. The summed E-state index contributed by atoms with van der Waals surface area (Å²) in [5, 5.41) is 3.60. The van der Waals surface area contributed by atoms with E-state index in [0.717, 1.165) is 30.5 Å². The second-order valence-electron chi connectivity index (χ2n) is 5.87. The van der Waals surface area contributed by atoms with Gasteiger partial charge in [0.1, 0.15) is 0 Å². The van der Waals surface area contributed by atoms with Crippen LogP contribution in [0.25, 0.3) is 0 Å². The smallest absolute Gasteiger partial charge is 0.0207 e. The monoisotopic (exact) mass is 224 g/mol. The second kappa shape index (κ2) is 5.50. The Morgan fingerprint density at radius 1 is 1.19 bits per heavy atom. The van der Waals surface area contributed by atoms with Gasteiger partial charge in [-0.05, 0) is 31.2 Å². The van der Waals surface area contributed by atoms with Gasteiger partial charge in [0.2, 0.25) is 0 Å². The highest BCUT2D eigenvalue weighted by molar-refractivity contribution is 4.90. The molecule has 1 heterocycles. The van der Waals surface area contributed by atoms with E-state index in [1.165, 1.54) is 38.8 Å². The van der Waals surface area contributed by atoms with Crippen LogP contribution in [0.2, 0.25) is 0 Å². The van der Waals surface area contributed by atoms with Gasteiger partial charge in [-0.3, -0.25) is 4.90 Å². The number of likely N-dealkylation sites (tertiary alicyclic amines) is 1. The Balaban J connectivity index is 1.88. The van der Waals surface area contributed by atoms with Gasteiger partial charge in [0.05, 0.1) is 0 Å². The van der Waals surface area contributed by atoms with Crippen LogP contribution in [0.3, 0.4) is 0 Å². The van der Waals surface area contributed by atoms with Gasteiger partial charge in [0, 0.05) is 25.2 Å². The average Bonchev–Trinajstić information content (AvgIpc) is 2.71. The quantitative estimate of drug-likeness (QED) is 0.792. The summed E-state index contributed by atoms with van der Waals surface area (Å²) in [7, 11) is 0. The van der Waals surface area contributed by atoms with E-state index in [9.17, 15) is 0 Å². The zero-order valence-corrected chi connectivity index (χ0v) is 11.2. The number of hydrogen-bond donors (Lipinski definition) is 1. The molecule has 2 rings (SSSR count). The predicted molar refractivity (Wildman–Crippen MR) is 69.6 cm³/mol. The number of hydrogen-bond acceptors (Lipinski definition) is 2. The highest BCUT2D eigenvalue weighted by atomic mass is 15.2. The lowest BCUT2D eigenvalue weighted by Crippen LogP contribution is -2.44. The largest absolute Gasteiger partial charge is 0.313 e. The van der Waals surface area contributed by atoms with Crippen LogP contribution in [0.15, 0.2) is 0 Å². The molecule has 0 aromatic heterocycles. The predicted octanol–water partition coefficient (Wildman–Crippen LogP) is 2.49. The molecule has 2 aliphatic rings. The number of nitrogens with zero attached hydrogens (tertiary/aromatic N) is 1. The summed E-state index contributed by atoms with van der Waals surface area (Å²) < 4.78 is 0. The Morgan fingerprint density at radius 2 is 2.00 bits per heavy atom. The topological polar surface area (TPSA) is 15.3 Å². The first-order chi connectivity index (χ1) is 7.72. The molecule has 1 N–H and O–H groups in total. The number of likely N-dealkylation sites (N-methyl/N-ethyl adjacent to an activating group) is 1. The van der Waals surface area contributed by atoms with Gasteiger partial charge >= 0.3 is 0 Å². The highest BCUT2D eigenvalue weighted by Crippen LogP contribution is 2.34. The van der Waals surface area contributed by atoms with Crippen molar-refractivity contribution in [2.75, 3.05) is 19.6 Å². The highest BCUT2D eigenvalue weighted by Gasteiger charge is 2.34. The maximum Gasteiger partial charge on any atom is 0.0207 e. The molecule has 2 heteroatoms. The normalized spacial score (nSPS) is 41.4. The van der Waals surface area contributed by atoms with Crippen molar-refractivity contribution in [1.82, 2.24) is 10.2 Å². The van der Waals surface area contributed by atoms with Gasteiger partial charge in [0.15, 0.2) is 0 Å². The molecule has 0 radical (unpaired) electrons. The first-order valence-corrected chi connectivity index (χ1v) is 7.19. The molecule has 0 amide bonds. The Kier molecular flexibility index (Phi) is 4.26. The molecule has 2 fully saturated rings. The van der Waals surface area contributed by atoms with E-state index in [0.29, 0.717) is 0 Å². The van der Waals surface area contributed by atoms with Crippen LogP contribution in [0.5, 0.6) is 0 Å². The van der Waals surface area contributed by atoms with Crippen LogP contribution in [-0.4, -0.2) is 36.6 Å². The summed E-state index contributed by atoms with van der Waals surface area (Å²) in [4.78, 5) is 2.76. The molecule has 2 nitrogen and oxygen atoms in total. The minimum absolute atomic E-state index is 0.759. The fraction of sp³-hybridized carbons (Fsp3) is 1.00. The van der Waals surface area contributed by atoms with E-state index in [1.807, 2.05) is 0 Å². The molecular formula is C14H28N2. The lowest BCUT2D eigenvalue weighted by atomic mass is 9.77. The second-order valence-corrected chi connectivity index (χ2v) is 5.87. The van der Waals surface area contributed by atoms with Crippen molar-refractivity contribution < 1.29 is 0 Å². The molecule has 1 saturated heterocycles. The van der Waals surface area contributed by atoms with Crippen molar-refractivity contribution in [1.29, 1.82) is 0 Å². The molecule has 0 bridgehead atoms. The standard InChI is InChI=1S/C14H28N2/c1-4-15-13-8-9-16(10-13)14-7-5-6-11(2)12(14)3/h11-15H,4-10H2,1-3H3. The fourth-order valence-corrected chi connectivity index (χ4v) is 3.61. The maximum absolute atomic E-state index is 3.60. The third kappa shape index (κ3) is 2.60. The Bertz CT molecular complexity index is 217. The third-order valence-electron chi connectivity index (χ3n) is 4.85. The van der Waals surface area contributed by atoms with Crippen molar-refractivity contribution in [2.45, 2.75) is 58.5 Å². The van der Waals surface area contributed by atoms with E-state index in [4.69, 9.17) is 0 Å². The van der Waals surface area contributed by atoms with Crippen molar-refractivity contribution in [3.05, 3.63) is 0 Å². The number of rotatable bonds is 3. The third-order valence-corrected chi connectivity index (χ3v) is 4.85. The van der Waals surface area contributed by atoms with Gasteiger partial charge in [-0.2, -0.15) is 0 Å². The Labute approximate surface area is 101 Å². The Hall–Kier alpha value is -0.0800. The molecule has 0 aromatic carbocycles. The average molecular weight is 224 g/mol. The molecule has 1 aliphatic carbocycles. The van der Waals surface area contributed by atoms with Crippen molar-refractivity contribution in [3.63, 3.8) is 0 Å². The molecule has 16 heavy (non-hydrogen) atoms. The fourth-order valence-electron chi connectivity index (χ4n) is 3.61. The summed E-state index contributed by atoms with van der Waals surface area (Å²) in [5.74, 6) is 1.83. The van der Waals surface area contributed by atoms with Crippen LogP contribution in [0, 0.1) is 11.8 Å². The van der Waals surface area contributed by atoms with Gasteiger partial charge in [0.25, 0.3) is 0 Å². The SMILES string of the molecule is CCNC1CCN(C2CCCC(C)C2C)C1. The van der Waals surface area contributed by atoms with Crippen LogP contribution in [0.4, 0.5) is 0 Å². The first-order valence-electron chi connectivity index (χ1n) is 7.19. The summed E-state index contributed by atoms with van der Waals surface area (Å²) in [6.07, 6.45) is 5.68. The minimum Gasteiger partial charge on any atom is -0.313 e. The molecule has 1 aliphatic heterocycles. The molecule has 1 saturated carbocycles. The minimum atomic E-state index is 0.759. The molecule has 94 valence electrons. The lowest BCUT2D eigenvalue weighted by Gasteiger charge is -2.40. The van der Waals surface area contributed by atoms with E-state index in [1.54, 1.807) is 0 Å². The van der Waals surface area contributed by atoms with Gasteiger partial charge in [-0.25, -0.2) is 0 Å². The summed E-state index contributed by atoms with van der Waals surface area (Å²) >= 11 is 0. The van der Waals surface area contributed by atoms with Crippen LogP contribution in [0.1, 0.15) is 46.5 Å². The summed E-state index contributed by atoms with van der Waals surface area (Å²) in [6.45, 7) is 10.8. The van der Waals surface area contributed by atoms with E-state index < -0.39 is 0 Å². The van der Waals surface area contributed by atoms with Gasteiger partial charge < -0.3 is 5.32 Å². The van der Waals surface area contributed by atoms with Gasteiger partial charge in [-0.15, -0.1) is 0 Å². The molecule has 0 aromatic rings. The van der Waals surface area contributed by atoms with E-state index in [-0.39, 0.29) is 0 Å². The first kappa shape index (κ1) is 12.4. The van der Waals surface area contributed by atoms with Gasteiger partial charge in [-0.1, -0.05) is 33.6 Å². The Morgan fingerprint density at radius 3 is 2.75 bits per heavy atom. The molecule has 4 atom stereocenters. The zero-order valence-electron chi connectivity index (χ0n) is 11.2. The van der Waals surface area contributed by atoms with Crippen molar-refractivity contribution >= 4 is 0 Å². The van der Waals surface area contributed by atoms with E-state index >= 15 is 0 Å². The zero-order chi connectivity index (χ0) is 11.5. The van der Waals surface area contributed by atoms with Crippen molar-refractivity contribution in [2.24, 2.45) is 11.8 Å². The van der Waals surface area contributed by atoms with Crippen molar-refractivity contribution in [3.8, 4) is 0 Å². The maximum atomic E-state index is 3.60. The van der Waals surface area contributed by atoms with Crippen LogP contribution >= 0.6 is 0 Å². The van der Waals surface area contributed by atoms with Crippen LogP contribution < -0.4 is 5.32 Å². The molecule has 0 spiro atoms. The molecular weight excluding hydrogens is 196 g/mol. The van der Waals surface area contributed by atoms with Crippen LogP contribution in [-0.2, 0) is 0 Å². The summed E-state index contributed by atoms with van der Waals surface area (Å²) in [6, 6.07) is 1.63. The summed E-state index contributed by atoms with van der Waals surface area (Å²) in [5.41, 5.74) is 0.